The van der Waals surface area contributed by atoms with Crippen LogP contribution in [0.1, 0.15) is 0 Å². The zero-order valence-corrected chi connectivity index (χ0v) is 5.01. The predicted octanol–water partition coefficient (Wildman–Crippen LogP) is -0.711. The summed E-state index contributed by atoms with van der Waals surface area (Å²) in [4.78, 5) is 13.8. The number of urea groups is 1. The molecule has 1 aromatic heterocycles. The van der Waals surface area contributed by atoms with Crippen LogP contribution in [0.3, 0.4) is 0 Å². The minimum Gasteiger partial charge on any atom is -0.348 e. The van der Waals surface area contributed by atoms with Crippen LogP contribution in [-0.4, -0.2) is 20.9 Å². The highest BCUT2D eigenvalue weighted by atomic mass is 16.6. The van der Waals surface area contributed by atoms with Crippen molar-refractivity contribution in [3.05, 3.63) is 18.7 Å². The van der Waals surface area contributed by atoms with Crippen molar-refractivity contribution in [2.75, 3.05) is 5.17 Å². The molecule has 1 heterocycles. The molecule has 0 aliphatic heterocycles. The third-order valence-electron chi connectivity index (χ3n) is 0.906. The van der Waals surface area contributed by atoms with Gasteiger partial charge in [-0.15, -0.1) is 5.17 Å². The van der Waals surface area contributed by atoms with E-state index in [0.717, 1.165) is 4.68 Å². The van der Waals surface area contributed by atoms with Crippen LogP contribution in [0.5, 0.6) is 0 Å². The van der Waals surface area contributed by atoms with Crippen molar-refractivity contribution in [1.29, 1.82) is 0 Å². The molecule has 0 aliphatic carbocycles. The van der Waals surface area contributed by atoms with Gasteiger partial charge in [0.05, 0.1) is 0 Å². The third-order valence-corrected chi connectivity index (χ3v) is 0.906. The lowest BCUT2D eigenvalue weighted by molar-refractivity contribution is 0.171. The van der Waals surface area contributed by atoms with Gasteiger partial charge in [-0.2, -0.15) is 0 Å². The first-order chi connectivity index (χ1) is 4.72. The van der Waals surface area contributed by atoms with Crippen molar-refractivity contribution in [2.45, 2.75) is 0 Å². The summed E-state index contributed by atoms with van der Waals surface area (Å²) >= 11 is 0. The van der Waals surface area contributed by atoms with Crippen LogP contribution in [0.2, 0.25) is 0 Å². The molecule has 0 saturated heterocycles. The Hall–Kier alpha value is -1.56. The van der Waals surface area contributed by atoms with Gasteiger partial charge in [-0.05, 0) is 0 Å². The van der Waals surface area contributed by atoms with E-state index in [4.69, 9.17) is 10.9 Å². The molecule has 0 fully saturated rings. The molecule has 0 aliphatic rings. The van der Waals surface area contributed by atoms with Gasteiger partial charge in [0.15, 0.2) is 0 Å². The number of hydrogen-bond acceptors (Lipinski definition) is 3. The molecular formula is C4H6N4O2. The van der Waals surface area contributed by atoms with Gasteiger partial charge in [-0.3, -0.25) is 5.21 Å². The number of amides is 2. The number of nitrogens with two attached hydrogens (primary N) is 1. The summed E-state index contributed by atoms with van der Waals surface area (Å²) in [5.41, 5.74) is 4.72. The summed E-state index contributed by atoms with van der Waals surface area (Å²) in [5, 5.41) is 9.01. The average molecular weight is 142 g/mol. The summed E-state index contributed by atoms with van der Waals surface area (Å²) in [7, 11) is 0. The van der Waals surface area contributed by atoms with Gasteiger partial charge in [0.2, 0.25) is 0 Å². The Kier molecular flexibility index (Phi) is 1.55. The maximum atomic E-state index is 10.2. The van der Waals surface area contributed by atoms with E-state index in [1.807, 2.05) is 0 Å². The van der Waals surface area contributed by atoms with Crippen LogP contribution in [-0.2, 0) is 0 Å². The Morgan fingerprint density at radius 3 is 2.90 bits per heavy atom. The largest absolute Gasteiger partial charge is 0.359 e. The first kappa shape index (κ1) is 6.56. The molecule has 0 spiro atoms. The van der Waals surface area contributed by atoms with Crippen molar-refractivity contribution < 1.29 is 10.0 Å². The molecule has 6 heteroatoms. The van der Waals surface area contributed by atoms with Crippen LogP contribution in [0.25, 0.3) is 0 Å². The fraction of sp³-hybridized carbons (Fsp3) is 0. The zero-order valence-electron chi connectivity index (χ0n) is 5.01. The van der Waals surface area contributed by atoms with E-state index in [9.17, 15) is 4.79 Å². The van der Waals surface area contributed by atoms with Gasteiger partial charge in [0.1, 0.15) is 6.33 Å². The number of hydroxylamine groups is 1. The summed E-state index contributed by atoms with van der Waals surface area (Å²) < 4.78 is 1.04. The number of imidazole rings is 1. The van der Waals surface area contributed by atoms with Crippen molar-refractivity contribution >= 4 is 6.03 Å². The Balaban J connectivity index is 2.77. The Labute approximate surface area is 56.4 Å². The summed E-state index contributed by atoms with van der Waals surface area (Å²) in [6.07, 6.45) is 4.03. The second kappa shape index (κ2) is 2.36. The lowest BCUT2D eigenvalue weighted by Gasteiger charge is -2.10. The predicted molar refractivity (Wildman–Crippen MR) is 31.8 cm³/mol. The molecule has 0 unspecified atom stereocenters. The summed E-state index contributed by atoms with van der Waals surface area (Å²) in [6.45, 7) is 0. The molecular weight excluding hydrogens is 136 g/mol. The molecule has 0 radical (unpaired) electrons. The standard InChI is InChI=1S/C4H6N4O2/c5-4(9)8(10)7-2-1-6-3-7/h1-3,10H,(H2,5,9). The van der Waals surface area contributed by atoms with Crippen molar-refractivity contribution in [1.82, 2.24) is 9.66 Å². The topological polar surface area (TPSA) is 84.4 Å². The highest BCUT2D eigenvalue weighted by molar-refractivity contribution is 5.79. The number of carbonyl (C=O) groups excluding carboxylic acids is 1. The maximum absolute atomic E-state index is 10.2. The normalized spacial score (nSPS) is 9.30. The smallest absolute Gasteiger partial charge is 0.348 e. The molecule has 0 bridgehead atoms. The van der Waals surface area contributed by atoms with E-state index >= 15 is 0 Å². The highest BCUT2D eigenvalue weighted by Crippen LogP contribution is 1.84. The third kappa shape index (κ3) is 1.06. The zero-order chi connectivity index (χ0) is 7.56. The van der Waals surface area contributed by atoms with Gasteiger partial charge < -0.3 is 5.73 Å². The van der Waals surface area contributed by atoms with Crippen LogP contribution >= 0.6 is 0 Å². The number of hydrogen-bond donors (Lipinski definition) is 2. The minimum atomic E-state index is -0.960. The average Bonchev–Trinajstić information content (AvgIpc) is 2.36. The molecule has 10 heavy (non-hydrogen) atoms. The SMILES string of the molecule is NC(=O)N(O)n1ccnc1. The van der Waals surface area contributed by atoms with E-state index in [1.165, 1.54) is 18.7 Å². The van der Waals surface area contributed by atoms with Gasteiger partial charge in [-0.25, -0.2) is 14.5 Å². The minimum absolute atomic E-state index is 0.243. The Bertz CT molecular complexity index is 219. The molecule has 54 valence electrons. The Morgan fingerprint density at radius 1 is 1.80 bits per heavy atom. The molecule has 2 amide bonds. The first-order valence-electron chi connectivity index (χ1n) is 2.48. The van der Waals surface area contributed by atoms with Crippen molar-refractivity contribution in [3.8, 4) is 0 Å². The number of primary amides is 1. The van der Waals surface area contributed by atoms with E-state index in [2.05, 4.69) is 4.98 Å². The van der Waals surface area contributed by atoms with Crippen LogP contribution < -0.4 is 10.9 Å². The summed E-state index contributed by atoms with van der Waals surface area (Å²) in [5.74, 6) is 0. The molecule has 0 aromatic carbocycles. The van der Waals surface area contributed by atoms with Gasteiger partial charge >= 0.3 is 6.03 Å². The van der Waals surface area contributed by atoms with Gasteiger partial charge in [0.25, 0.3) is 0 Å². The van der Waals surface area contributed by atoms with Crippen molar-refractivity contribution in [2.24, 2.45) is 5.73 Å². The van der Waals surface area contributed by atoms with Crippen molar-refractivity contribution in [3.63, 3.8) is 0 Å². The lowest BCUT2D eigenvalue weighted by Crippen LogP contribution is -2.40. The fourth-order valence-electron chi connectivity index (χ4n) is 0.478. The second-order valence-electron chi connectivity index (χ2n) is 1.57. The monoisotopic (exact) mass is 142 g/mol. The second-order valence-corrected chi connectivity index (χ2v) is 1.57. The van der Waals surface area contributed by atoms with Gasteiger partial charge in [0, 0.05) is 12.4 Å². The molecule has 3 N–H and O–H groups in total. The number of rotatable bonds is 1. The molecule has 0 atom stereocenters. The molecule has 1 rings (SSSR count). The van der Waals surface area contributed by atoms with Crippen LogP contribution in [0.15, 0.2) is 18.7 Å². The number of carbonyl (C=O) groups is 1. The van der Waals surface area contributed by atoms with E-state index in [1.54, 1.807) is 0 Å². The highest BCUT2D eigenvalue weighted by Gasteiger charge is 2.04. The Morgan fingerprint density at radius 2 is 2.50 bits per heavy atom. The first-order valence-corrected chi connectivity index (χ1v) is 2.48. The fourth-order valence-corrected chi connectivity index (χ4v) is 0.478. The number of nitrogens with zero attached hydrogens (tertiary/aromatic N) is 3. The maximum Gasteiger partial charge on any atom is 0.359 e. The van der Waals surface area contributed by atoms with E-state index in [-0.39, 0.29) is 5.17 Å². The van der Waals surface area contributed by atoms with E-state index in [0.29, 0.717) is 0 Å². The summed E-state index contributed by atoms with van der Waals surface area (Å²) in [6, 6.07) is -0.960. The van der Waals surface area contributed by atoms with Crippen LogP contribution in [0.4, 0.5) is 4.79 Å². The lowest BCUT2D eigenvalue weighted by atomic mass is 10.9. The van der Waals surface area contributed by atoms with E-state index < -0.39 is 6.03 Å². The molecule has 6 nitrogen and oxygen atoms in total. The van der Waals surface area contributed by atoms with Crippen LogP contribution in [0, 0.1) is 0 Å². The molecule has 1 aromatic rings. The molecule has 0 saturated carbocycles. The quantitative estimate of drug-likeness (QED) is 0.401. The number of aromatic nitrogens is 2. The van der Waals surface area contributed by atoms with Gasteiger partial charge in [-0.1, -0.05) is 0 Å².